The molecule has 2 aromatic carbocycles. The number of aliphatic hydroxyl groups is 1. The summed E-state index contributed by atoms with van der Waals surface area (Å²) in [7, 11) is 1.64. The maximum absolute atomic E-state index is 9.58. The van der Waals surface area contributed by atoms with Gasteiger partial charge in [0.05, 0.1) is 57.2 Å². The minimum Gasteiger partial charge on any atom is -0.395 e. The highest BCUT2D eigenvalue weighted by molar-refractivity contribution is 7.19. The van der Waals surface area contributed by atoms with Crippen molar-refractivity contribution in [2.24, 2.45) is 0 Å². The fourth-order valence-electron chi connectivity index (χ4n) is 4.19. The van der Waals surface area contributed by atoms with Gasteiger partial charge in [-0.25, -0.2) is 29.9 Å². The van der Waals surface area contributed by atoms with Crippen molar-refractivity contribution in [2.75, 3.05) is 44.0 Å². The van der Waals surface area contributed by atoms with E-state index in [1.54, 1.807) is 31.6 Å². The van der Waals surface area contributed by atoms with E-state index in [2.05, 4.69) is 52.7 Å². The quantitative estimate of drug-likeness (QED) is 0.163. The first kappa shape index (κ1) is 31.3. The number of hydrogen-bond acceptors (Lipinski definition) is 14. The van der Waals surface area contributed by atoms with Crippen molar-refractivity contribution in [2.45, 2.75) is 11.8 Å². The molecule has 226 valence electrons. The van der Waals surface area contributed by atoms with Gasteiger partial charge in [-0.3, -0.25) is 0 Å². The first-order chi connectivity index (χ1) is 22.1. The highest BCUT2D eigenvalue weighted by atomic mass is 32.1. The Kier molecular flexibility index (Phi) is 10.8. The number of nitrogens with one attached hydrogen (secondary N) is 2. The van der Waals surface area contributed by atoms with Gasteiger partial charge in [-0.05, 0) is 36.4 Å². The Morgan fingerprint density at radius 1 is 0.733 bits per heavy atom. The Morgan fingerprint density at radius 3 is 1.67 bits per heavy atom. The molecule has 45 heavy (non-hydrogen) atoms. The summed E-state index contributed by atoms with van der Waals surface area (Å²) in [4.78, 5) is 26.1. The van der Waals surface area contributed by atoms with E-state index in [0.29, 0.717) is 43.0 Å². The lowest BCUT2D eigenvalue weighted by atomic mass is 10.1. The van der Waals surface area contributed by atoms with Gasteiger partial charge in [0.15, 0.2) is 0 Å². The fourth-order valence-corrected chi connectivity index (χ4v) is 6.24. The molecule has 3 N–H and O–H groups in total. The van der Waals surface area contributed by atoms with Crippen molar-refractivity contribution in [3.8, 4) is 12.1 Å². The molecule has 0 amide bonds. The van der Waals surface area contributed by atoms with E-state index in [1.165, 1.54) is 22.7 Å². The van der Waals surface area contributed by atoms with E-state index >= 15 is 0 Å². The Hall–Kier alpha value is -5.12. The van der Waals surface area contributed by atoms with Crippen LogP contribution in [0.3, 0.4) is 0 Å². The van der Waals surface area contributed by atoms with Gasteiger partial charge >= 0.3 is 0 Å². The molecule has 0 fully saturated rings. The molecule has 0 saturated carbocycles. The van der Waals surface area contributed by atoms with Crippen LogP contribution < -0.4 is 10.6 Å². The lowest BCUT2D eigenvalue weighted by Crippen LogP contribution is -2.11. The molecular weight excluding hydrogens is 609 g/mol. The first-order valence-corrected chi connectivity index (χ1v) is 15.5. The highest BCUT2D eigenvalue weighted by Crippen LogP contribution is 2.32. The third kappa shape index (κ3) is 7.89. The van der Waals surface area contributed by atoms with Crippen LogP contribution in [0, 0.1) is 22.7 Å². The summed E-state index contributed by atoms with van der Waals surface area (Å²) in [5.74, 6) is -0.151. The van der Waals surface area contributed by atoms with Crippen LogP contribution in [0.15, 0.2) is 73.1 Å². The van der Waals surface area contributed by atoms with Gasteiger partial charge in [-0.15, -0.1) is 22.7 Å². The van der Waals surface area contributed by atoms with E-state index in [9.17, 15) is 10.5 Å². The summed E-state index contributed by atoms with van der Waals surface area (Å²) in [5, 5.41) is 35.4. The van der Waals surface area contributed by atoms with Gasteiger partial charge in [0, 0.05) is 32.6 Å². The van der Waals surface area contributed by atoms with Crippen molar-refractivity contribution in [3.05, 3.63) is 94.5 Å². The molecule has 2 atom stereocenters. The second kappa shape index (κ2) is 15.6. The zero-order chi connectivity index (χ0) is 31.4. The van der Waals surface area contributed by atoms with Gasteiger partial charge in [0.2, 0.25) is 11.9 Å². The first-order valence-electron chi connectivity index (χ1n) is 13.9. The zero-order valence-corrected chi connectivity index (χ0v) is 25.8. The Balaban J connectivity index is 0.000000178. The molecule has 0 aliphatic heterocycles. The van der Waals surface area contributed by atoms with E-state index < -0.39 is 11.8 Å². The highest BCUT2D eigenvalue weighted by Gasteiger charge is 2.21. The van der Waals surface area contributed by atoms with Crippen molar-refractivity contribution in [1.29, 1.82) is 10.5 Å². The predicted molar refractivity (Wildman–Crippen MR) is 174 cm³/mol. The number of thiazole rings is 2. The molecule has 0 spiro atoms. The van der Waals surface area contributed by atoms with Crippen LogP contribution in [0.1, 0.15) is 33.2 Å². The maximum Gasteiger partial charge on any atom is 0.222 e. The van der Waals surface area contributed by atoms with Gasteiger partial charge < -0.3 is 20.5 Å². The number of anilines is 2. The Labute approximate surface area is 267 Å². The smallest absolute Gasteiger partial charge is 0.222 e. The van der Waals surface area contributed by atoms with Gasteiger partial charge in [0.1, 0.15) is 21.9 Å². The molecule has 0 aliphatic rings. The molecular formula is C31H28N10O2S2. The number of nitrogens with zero attached hydrogens (tertiary/aromatic N) is 8. The minimum atomic E-state index is -0.532. The van der Waals surface area contributed by atoms with Crippen molar-refractivity contribution in [3.63, 3.8) is 0 Å². The largest absolute Gasteiger partial charge is 0.395 e. The van der Waals surface area contributed by atoms with Crippen LogP contribution in [-0.2, 0) is 4.74 Å². The molecule has 0 bridgehead atoms. The molecule has 6 aromatic rings. The number of benzene rings is 2. The molecule has 12 nitrogen and oxygen atoms in total. The normalized spacial score (nSPS) is 12.0. The van der Waals surface area contributed by atoms with Crippen LogP contribution in [0.2, 0.25) is 0 Å². The molecule has 0 radical (unpaired) electrons. The van der Waals surface area contributed by atoms with Gasteiger partial charge in [-0.1, -0.05) is 24.3 Å². The summed E-state index contributed by atoms with van der Waals surface area (Å²) < 4.78 is 7.10. The van der Waals surface area contributed by atoms with Gasteiger partial charge in [0.25, 0.3) is 0 Å². The predicted octanol–water partition coefficient (Wildman–Crippen LogP) is 4.95. The number of para-hydroxylation sites is 2. The third-order valence-electron chi connectivity index (χ3n) is 6.30. The van der Waals surface area contributed by atoms with E-state index in [1.807, 2.05) is 48.5 Å². The van der Waals surface area contributed by atoms with Crippen molar-refractivity contribution >= 4 is 55.0 Å². The summed E-state index contributed by atoms with van der Waals surface area (Å²) >= 11 is 3.01. The van der Waals surface area contributed by atoms with E-state index in [4.69, 9.17) is 9.84 Å². The maximum atomic E-state index is 9.58. The van der Waals surface area contributed by atoms with Crippen LogP contribution >= 0.6 is 22.7 Å². The standard InChI is InChI=1S/C16H15N5OS.C15H13N5OS/c1-22-9-8-19-16-18-7-6-12(21-16)11(10-17)15-20-13-4-2-3-5-14(13)23-15;16-9-10(11-5-6-17-15(20-11)18-7-8-21)14-19-12-3-1-2-4-13(12)22-14/h2-7,11H,8-9H2,1H3,(H,18,19,21);1-6,10,21H,7-8H2,(H,17,18,20). The number of aromatic nitrogens is 6. The number of aliphatic hydroxyl groups excluding tert-OH is 1. The molecule has 14 heteroatoms. The van der Waals surface area contributed by atoms with Gasteiger partial charge in [-0.2, -0.15) is 10.5 Å². The average Bonchev–Trinajstić information content (AvgIpc) is 3.70. The summed E-state index contributed by atoms with van der Waals surface area (Å²) in [6.07, 6.45) is 3.24. The molecule has 4 aromatic heterocycles. The topological polar surface area (TPSA) is 178 Å². The second-order valence-corrected chi connectivity index (χ2v) is 11.5. The number of rotatable bonds is 11. The van der Waals surface area contributed by atoms with Crippen LogP contribution in [0.5, 0.6) is 0 Å². The van der Waals surface area contributed by atoms with E-state index in [-0.39, 0.29) is 6.61 Å². The summed E-state index contributed by atoms with van der Waals surface area (Å²) in [5.41, 5.74) is 3.02. The number of nitriles is 2. The van der Waals surface area contributed by atoms with Crippen molar-refractivity contribution in [1.82, 2.24) is 29.9 Å². The third-order valence-corrected chi connectivity index (χ3v) is 8.51. The molecule has 2 unspecified atom stereocenters. The minimum absolute atomic E-state index is 0.00681. The molecule has 6 rings (SSSR count). The monoisotopic (exact) mass is 636 g/mol. The molecule has 0 aliphatic carbocycles. The average molecular weight is 637 g/mol. The Bertz CT molecular complexity index is 1880. The molecule has 0 saturated heterocycles. The van der Waals surface area contributed by atoms with E-state index in [0.717, 1.165) is 30.4 Å². The zero-order valence-electron chi connectivity index (χ0n) is 24.2. The van der Waals surface area contributed by atoms with Crippen LogP contribution in [-0.4, -0.2) is 68.4 Å². The Morgan fingerprint density at radius 2 is 1.22 bits per heavy atom. The number of fused-ring (bicyclic) bond motifs is 2. The number of methoxy groups -OCH3 is 1. The lowest BCUT2D eigenvalue weighted by Gasteiger charge is -2.08. The second-order valence-electron chi connectivity index (χ2n) is 9.34. The SMILES string of the molecule is COCCNc1nccc(C(C#N)c2nc3ccccc3s2)n1.N#CC(c1ccnc(NCCO)n1)c1nc2ccccc2s1. The van der Waals surface area contributed by atoms with Crippen LogP contribution in [0.4, 0.5) is 11.9 Å². The molecule has 4 heterocycles. The van der Waals surface area contributed by atoms with Crippen LogP contribution in [0.25, 0.3) is 20.4 Å². The lowest BCUT2D eigenvalue weighted by molar-refractivity contribution is 0.210. The number of ether oxygens (including phenoxy) is 1. The number of hydrogen-bond donors (Lipinski definition) is 3. The summed E-state index contributed by atoms with van der Waals surface area (Å²) in [6.45, 7) is 1.53. The fraction of sp³-hybridized carbons (Fsp3) is 0.226. The van der Waals surface area contributed by atoms with Crippen molar-refractivity contribution < 1.29 is 9.84 Å². The summed E-state index contributed by atoms with van der Waals surface area (Å²) in [6, 6.07) is 23.7.